The lowest BCUT2D eigenvalue weighted by molar-refractivity contribution is -0.185. The quantitative estimate of drug-likeness (QED) is 0.374. The van der Waals surface area contributed by atoms with E-state index >= 15 is 0 Å². The molecule has 0 saturated heterocycles. The molecule has 4 rings (SSSR count). The van der Waals surface area contributed by atoms with Gasteiger partial charge in [-0.25, -0.2) is 4.79 Å². The van der Waals surface area contributed by atoms with Crippen molar-refractivity contribution in [3.8, 4) is 23.0 Å². The average molecular weight is 519 g/mol. The number of hydrogen-bond donors (Lipinski definition) is 1. The van der Waals surface area contributed by atoms with E-state index < -0.39 is 11.8 Å². The highest BCUT2D eigenvalue weighted by molar-refractivity contribution is 6.20. The molecule has 0 aromatic heterocycles. The Kier molecular flexibility index (Phi) is 7.69. The van der Waals surface area contributed by atoms with Gasteiger partial charge in [-0.3, -0.25) is 0 Å². The Bertz CT molecular complexity index is 1370. The van der Waals surface area contributed by atoms with Gasteiger partial charge in [-0.2, -0.15) is 0 Å². The normalized spacial score (nSPS) is 17.0. The van der Waals surface area contributed by atoms with Crippen molar-refractivity contribution in [3.05, 3.63) is 88.0 Å². The minimum absolute atomic E-state index is 0.0427. The molecule has 1 aliphatic rings. The minimum Gasteiger partial charge on any atom is -0.497 e. The lowest BCUT2D eigenvalue weighted by Crippen LogP contribution is -2.30. The first-order valence-electron chi connectivity index (χ1n) is 12.4. The fraction of sp³-hybridized carbons (Fsp3) is 0.323. The number of aryl methyl sites for hydroxylation is 2. The van der Waals surface area contributed by atoms with Gasteiger partial charge in [0, 0.05) is 23.6 Å². The van der Waals surface area contributed by atoms with E-state index in [0.29, 0.717) is 33.9 Å². The topological polar surface area (TPSA) is 83.5 Å². The predicted octanol–water partition coefficient (Wildman–Crippen LogP) is 5.51. The van der Waals surface area contributed by atoms with Gasteiger partial charge in [-0.15, -0.1) is 0 Å². The number of cyclic esters (lactones) is 1. The van der Waals surface area contributed by atoms with E-state index in [1.54, 1.807) is 57.7 Å². The molecule has 7 nitrogen and oxygen atoms in total. The average Bonchev–Trinajstić information content (AvgIpc) is 3.14. The van der Waals surface area contributed by atoms with E-state index in [0.717, 1.165) is 22.4 Å². The van der Waals surface area contributed by atoms with Crippen molar-refractivity contribution in [1.29, 1.82) is 0 Å². The summed E-state index contributed by atoms with van der Waals surface area (Å²) in [6, 6.07) is 16.3. The Balaban J connectivity index is 1.91. The summed E-state index contributed by atoms with van der Waals surface area (Å²) in [7, 11) is 4.67. The van der Waals surface area contributed by atoms with Crippen molar-refractivity contribution >= 4 is 11.5 Å². The fourth-order valence-electron chi connectivity index (χ4n) is 4.73. The van der Waals surface area contributed by atoms with E-state index in [9.17, 15) is 9.90 Å². The zero-order valence-corrected chi connectivity index (χ0v) is 22.9. The summed E-state index contributed by atoms with van der Waals surface area (Å²) in [5, 5.41) is 12.0. The zero-order valence-electron chi connectivity index (χ0n) is 22.9. The van der Waals surface area contributed by atoms with Crippen molar-refractivity contribution in [2.45, 2.75) is 46.0 Å². The second kappa shape index (κ2) is 10.8. The SMILES string of the molecule is COc1cc(OC)cc(C2=C(Cc3ccc(OC(C)C)c(C)c3)C(O)(c3ccc(OC)c(C)c3)OC2=O)c1. The lowest BCUT2D eigenvalue weighted by Gasteiger charge is -2.26. The van der Waals surface area contributed by atoms with Gasteiger partial charge in [-0.05, 0) is 86.3 Å². The van der Waals surface area contributed by atoms with Gasteiger partial charge in [0.25, 0.3) is 5.79 Å². The maximum Gasteiger partial charge on any atom is 0.342 e. The molecule has 3 aromatic carbocycles. The molecule has 0 fully saturated rings. The van der Waals surface area contributed by atoms with Crippen molar-refractivity contribution < 1.29 is 33.6 Å². The largest absolute Gasteiger partial charge is 0.497 e. The van der Waals surface area contributed by atoms with E-state index in [1.165, 1.54) is 0 Å². The van der Waals surface area contributed by atoms with Crippen LogP contribution in [-0.2, 0) is 21.7 Å². The molecule has 7 heteroatoms. The standard InChI is InChI=1S/C31H34O7/c1-18(2)37-28-10-8-21(12-19(28)3)14-26-29(22-15-24(34-5)17-25(16-22)35-6)30(32)38-31(26,33)23-9-11-27(36-7)20(4)13-23/h8-13,15-18,33H,14H2,1-7H3. The number of aliphatic hydroxyl groups is 1. The molecular weight excluding hydrogens is 484 g/mol. The molecule has 0 saturated carbocycles. The first-order valence-corrected chi connectivity index (χ1v) is 12.4. The van der Waals surface area contributed by atoms with E-state index in [-0.39, 0.29) is 18.1 Å². The molecule has 38 heavy (non-hydrogen) atoms. The van der Waals surface area contributed by atoms with Gasteiger partial charge >= 0.3 is 5.97 Å². The zero-order chi connectivity index (χ0) is 27.6. The minimum atomic E-state index is -1.99. The molecule has 1 N–H and O–H groups in total. The number of methoxy groups -OCH3 is 3. The third-order valence-corrected chi connectivity index (χ3v) is 6.56. The molecule has 1 atom stereocenters. The highest BCUT2D eigenvalue weighted by Crippen LogP contribution is 2.46. The van der Waals surface area contributed by atoms with Crippen molar-refractivity contribution in [2.24, 2.45) is 0 Å². The van der Waals surface area contributed by atoms with Crippen LogP contribution in [0.15, 0.2) is 60.2 Å². The van der Waals surface area contributed by atoms with Crippen LogP contribution < -0.4 is 18.9 Å². The molecule has 1 aliphatic heterocycles. The molecule has 0 bridgehead atoms. The van der Waals surface area contributed by atoms with Gasteiger partial charge in [0.1, 0.15) is 23.0 Å². The molecule has 0 aliphatic carbocycles. The second-order valence-electron chi connectivity index (χ2n) is 9.62. The summed E-state index contributed by atoms with van der Waals surface area (Å²) in [6.07, 6.45) is 0.298. The van der Waals surface area contributed by atoms with E-state index in [4.69, 9.17) is 23.7 Å². The summed E-state index contributed by atoms with van der Waals surface area (Å²) in [4.78, 5) is 13.4. The van der Waals surface area contributed by atoms with Crippen LogP contribution in [0, 0.1) is 13.8 Å². The van der Waals surface area contributed by atoms with Crippen LogP contribution in [-0.4, -0.2) is 38.5 Å². The van der Waals surface area contributed by atoms with Crippen LogP contribution in [0.4, 0.5) is 0 Å². The summed E-state index contributed by atoms with van der Waals surface area (Å²) in [5.41, 5.74) is 4.28. The number of esters is 1. The van der Waals surface area contributed by atoms with Gasteiger partial charge in [0.2, 0.25) is 0 Å². The van der Waals surface area contributed by atoms with Crippen molar-refractivity contribution in [2.75, 3.05) is 21.3 Å². The van der Waals surface area contributed by atoms with Crippen LogP contribution in [0.2, 0.25) is 0 Å². The van der Waals surface area contributed by atoms with Crippen molar-refractivity contribution in [3.63, 3.8) is 0 Å². The van der Waals surface area contributed by atoms with Gasteiger partial charge < -0.3 is 28.8 Å². The number of ether oxygens (including phenoxy) is 5. The van der Waals surface area contributed by atoms with Crippen LogP contribution in [0.5, 0.6) is 23.0 Å². The highest BCUT2D eigenvalue weighted by atomic mass is 16.7. The van der Waals surface area contributed by atoms with Crippen LogP contribution in [0.1, 0.15) is 41.7 Å². The molecule has 0 amide bonds. The first-order chi connectivity index (χ1) is 18.1. The summed E-state index contributed by atoms with van der Waals surface area (Å²) < 4.78 is 27.9. The van der Waals surface area contributed by atoms with Gasteiger partial charge in [-0.1, -0.05) is 12.1 Å². The van der Waals surface area contributed by atoms with Gasteiger partial charge in [0.05, 0.1) is 33.0 Å². The Morgan fingerprint density at radius 2 is 1.47 bits per heavy atom. The number of carbonyl (C=O) groups excluding carboxylic acids is 1. The lowest BCUT2D eigenvalue weighted by atomic mass is 9.87. The third kappa shape index (κ3) is 5.20. The summed E-state index contributed by atoms with van der Waals surface area (Å²) in [5.74, 6) is -0.137. The molecule has 200 valence electrons. The number of benzene rings is 3. The van der Waals surface area contributed by atoms with Gasteiger partial charge in [0.15, 0.2) is 0 Å². The monoisotopic (exact) mass is 518 g/mol. The Morgan fingerprint density at radius 1 is 0.842 bits per heavy atom. The predicted molar refractivity (Wildman–Crippen MR) is 145 cm³/mol. The summed E-state index contributed by atoms with van der Waals surface area (Å²) in [6.45, 7) is 7.80. The van der Waals surface area contributed by atoms with E-state index in [2.05, 4.69) is 0 Å². The smallest absolute Gasteiger partial charge is 0.342 e. The van der Waals surface area contributed by atoms with Crippen LogP contribution in [0.25, 0.3) is 5.57 Å². The first kappa shape index (κ1) is 27.1. The van der Waals surface area contributed by atoms with Crippen LogP contribution in [0.3, 0.4) is 0 Å². The maximum atomic E-state index is 13.4. The molecule has 3 aromatic rings. The number of rotatable bonds is 9. The molecule has 1 unspecified atom stereocenters. The Morgan fingerprint density at radius 3 is 2.03 bits per heavy atom. The number of carbonyl (C=O) groups is 1. The third-order valence-electron chi connectivity index (χ3n) is 6.56. The second-order valence-corrected chi connectivity index (χ2v) is 9.62. The Hall–Kier alpha value is -3.97. The molecule has 0 radical (unpaired) electrons. The maximum absolute atomic E-state index is 13.4. The van der Waals surface area contributed by atoms with Crippen LogP contribution >= 0.6 is 0 Å². The van der Waals surface area contributed by atoms with E-state index in [1.807, 2.05) is 45.9 Å². The molecule has 0 spiro atoms. The highest BCUT2D eigenvalue weighted by Gasteiger charge is 2.48. The van der Waals surface area contributed by atoms with Crippen molar-refractivity contribution in [1.82, 2.24) is 0 Å². The molecule has 1 heterocycles. The summed E-state index contributed by atoms with van der Waals surface area (Å²) >= 11 is 0. The Labute approximate surface area is 223 Å². The number of hydrogen-bond acceptors (Lipinski definition) is 7. The molecular formula is C31H34O7. The fourth-order valence-corrected chi connectivity index (χ4v) is 4.73.